The highest BCUT2D eigenvalue weighted by Gasteiger charge is 2.74. The van der Waals surface area contributed by atoms with Crippen molar-refractivity contribution in [1.29, 1.82) is 0 Å². The van der Waals surface area contributed by atoms with Gasteiger partial charge < -0.3 is 24.4 Å². The molecular formula is C20H24O7. The van der Waals surface area contributed by atoms with Gasteiger partial charge in [-0.05, 0) is 38.8 Å². The van der Waals surface area contributed by atoms with E-state index in [1.54, 1.807) is 26.8 Å². The summed E-state index contributed by atoms with van der Waals surface area (Å²) in [4.78, 5) is 24.6. The second-order valence-electron chi connectivity index (χ2n) is 7.99. The Kier molecular flexibility index (Phi) is 3.93. The van der Waals surface area contributed by atoms with Gasteiger partial charge in [0.1, 0.15) is 36.1 Å². The first-order chi connectivity index (χ1) is 12.6. The molecule has 4 aliphatic rings. The number of carbonyl (C=O) groups excluding carboxylic acids is 2. The zero-order valence-corrected chi connectivity index (χ0v) is 15.8. The average Bonchev–Trinajstić information content (AvgIpc) is 3.18. The van der Waals surface area contributed by atoms with Crippen LogP contribution >= 0.6 is 0 Å². The van der Waals surface area contributed by atoms with E-state index < -0.39 is 59.9 Å². The molecule has 4 rings (SSSR count). The number of allylic oxidation sites excluding steroid dienone is 1. The van der Waals surface area contributed by atoms with Crippen LogP contribution in [0.5, 0.6) is 0 Å². The van der Waals surface area contributed by atoms with E-state index in [0.29, 0.717) is 16.7 Å². The molecule has 2 heterocycles. The molecule has 0 amide bonds. The minimum Gasteiger partial charge on any atom is -0.457 e. The molecule has 0 aromatic rings. The first-order valence-corrected chi connectivity index (χ1v) is 9.11. The number of carbonyl (C=O) groups is 2. The van der Waals surface area contributed by atoms with Crippen LogP contribution in [0.2, 0.25) is 0 Å². The summed E-state index contributed by atoms with van der Waals surface area (Å²) in [6.07, 6.45) is -2.62. The van der Waals surface area contributed by atoms with Crippen LogP contribution in [-0.2, 0) is 23.8 Å². The van der Waals surface area contributed by atoms with Crippen LogP contribution in [-0.4, -0.2) is 58.3 Å². The number of fused-ring (bicyclic) bond motifs is 5. The van der Waals surface area contributed by atoms with E-state index in [1.807, 2.05) is 6.92 Å². The molecular weight excluding hydrogens is 352 g/mol. The highest BCUT2D eigenvalue weighted by atomic mass is 16.6. The molecule has 0 aromatic carbocycles. The molecule has 0 aromatic heterocycles. The summed E-state index contributed by atoms with van der Waals surface area (Å²) in [5.74, 6) is -2.31. The van der Waals surface area contributed by atoms with Crippen molar-refractivity contribution in [1.82, 2.24) is 0 Å². The molecule has 0 spiro atoms. The fourth-order valence-electron chi connectivity index (χ4n) is 4.88. The first kappa shape index (κ1) is 18.4. The lowest BCUT2D eigenvalue weighted by molar-refractivity contribution is -0.151. The molecule has 2 saturated heterocycles. The van der Waals surface area contributed by atoms with Crippen molar-refractivity contribution in [2.75, 3.05) is 0 Å². The van der Waals surface area contributed by atoms with Crippen molar-refractivity contribution in [3.8, 4) is 0 Å². The Morgan fingerprint density at radius 3 is 2.67 bits per heavy atom. The third-order valence-corrected chi connectivity index (χ3v) is 6.59. The van der Waals surface area contributed by atoms with E-state index >= 15 is 0 Å². The molecule has 7 heteroatoms. The van der Waals surface area contributed by atoms with Crippen LogP contribution in [0.4, 0.5) is 0 Å². The first-order valence-electron chi connectivity index (χ1n) is 9.11. The molecule has 2 aliphatic carbocycles. The predicted molar refractivity (Wildman–Crippen MR) is 93.3 cm³/mol. The lowest BCUT2D eigenvalue weighted by atomic mass is 9.80. The van der Waals surface area contributed by atoms with Crippen molar-refractivity contribution in [3.05, 3.63) is 34.9 Å². The fraction of sp³-hybridized carbons (Fsp3) is 0.600. The zero-order chi connectivity index (χ0) is 19.8. The number of aliphatic hydroxyl groups is 2. The lowest BCUT2D eigenvalue weighted by Gasteiger charge is -2.29. The third kappa shape index (κ3) is 2.31. The molecule has 2 aliphatic heterocycles. The van der Waals surface area contributed by atoms with E-state index in [-0.39, 0.29) is 5.57 Å². The molecule has 1 saturated carbocycles. The van der Waals surface area contributed by atoms with E-state index in [0.717, 1.165) is 0 Å². The summed E-state index contributed by atoms with van der Waals surface area (Å²) in [7, 11) is 0. The second-order valence-corrected chi connectivity index (χ2v) is 7.99. The van der Waals surface area contributed by atoms with Crippen molar-refractivity contribution in [2.45, 2.75) is 63.8 Å². The Balaban J connectivity index is 1.82. The normalized spacial score (nSPS) is 45.7. The highest BCUT2D eigenvalue weighted by molar-refractivity contribution is 5.91. The van der Waals surface area contributed by atoms with Gasteiger partial charge in [-0.2, -0.15) is 0 Å². The van der Waals surface area contributed by atoms with Gasteiger partial charge in [-0.25, -0.2) is 9.59 Å². The summed E-state index contributed by atoms with van der Waals surface area (Å²) in [6, 6.07) is 0. The van der Waals surface area contributed by atoms with E-state index in [1.165, 1.54) is 0 Å². The fourth-order valence-corrected chi connectivity index (χ4v) is 4.88. The van der Waals surface area contributed by atoms with Gasteiger partial charge in [0.2, 0.25) is 0 Å². The van der Waals surface area contributed by atoms with Gasteiger partial charge in [0.25, 0.3) is 0 Å². The standard InChI is InChI=1S/C20H24O7/c1-6-7(2)18(23)25-15-8(3)10-12(20(5)17(27-20)14(10)22)16-11(13(15)21)9(4)19(24)26-16/h6,11-17,21-22H,4H2,1-3,5H3/b7-6-/t11-,12-,13+,14+,15+,16-,17-,20+/m0/s1. The molecule has 146 valence electrons. The van der Waals surface area contributed by atoms with Crippen LogP contribution in [0.25, 0.3) is 0 Å². The van der Waals surface area contributed by atoms with E-state index in [9.17, 15) is 19.8 Å². The Hall–Kier alpha value is -1.96. The molecule has 7 nitrogen and oxygen atoms in total. The van der Waals surface area contributed by atoms with Gasteiger partial charge in [-0.1, -0.05) is 12.7 Å². The molecule has 2 N–H and O–H groups in total. The molecule has 0 radical (unpaired) electrons. The molecule has 3 fully saturated rings. The minimum atomic E-state index is -1.21. The van der Waals surface area contributed by atoms with E-state index in [4.69, 9.17) is 14.2 Å². The SMILES string of the molecule is C=C1C(=O)O[C@H]2[C@@H]1[C@@H](O)[C@H](OC(=O)/C(C)=C\C)C(C)=C1[C@@H](O)[C@@H]3O[C@]3(C)[C@@H]12. The van der Waals surface area contributed by atoms with Crippen LogP contribution in [0.1, 0.15) is 27.7 Å². The van der Waals surface area contributed by atoms with Gasteiger partial charge >= 0.3 is 11.9 Å². The zero-order valence-electron chi connectivity index (χ0n) is 15.8. The quantitative estimate of drug-likeness (QED) is 0.318. The summed E-state index contributed by atoms with van der Waals surface area (Å²) in [6.45, 7) is 10.7. The Bertz CT molecular complexity index is 809. The van der Waals surface area contributed by atoms with Gasteiger partial charge in [0.15, 0.2) is 0 Å². The lowest BCUT2D eigenvalue weighted by Crippen LogP contribution is -2.43. The van der Waals surface area contributed by atoms with Crippen molar-refractivity contribution in [2.24, 2.45) is 11.8 Å². The monoisotopic (exact) mass is 376 g/mol. The maximum atomic E-state index is 12.4. The van der Waals surface area contributed by atoms with Crippen molar-refractivity contribution < 1.29 is 34.0 Å². The van der Waals surface area contributed by atoms with Crippen LogP contribution in [0.15, 0.2) is 34.9 Å². The molecule has 0 unspecified atom stereocenters. The maximum absolute atomic E-state index is 12.4. The van der Waals surface area contributed by atoms with Gasteiger partial charge in [-0.3, -0.25) is 0 Å². The van der Waals surface area contributed by atoms with E-state index in [2.05, 4.69) is 6.58 Å². The van der Waals surface area contributed by atoms with Crippen LogP contribution in [0, 0.1) is 11.8 Å². The summed E-state index contributed by atoms with van der Waals surface area (Å²) in [5, 5.41) is 21.8. The Labute approximate surface area is 157 Å². The number of epoxide rings is 1. The number of esters is 2. The molecule has 27 heavy (non-hydrogen) atoms. The van der Waals surface area contributed by atoms with Gasteiger partial charge in [-0.15, -0.1) is 0 Å². The molecule has 8 atom stereocenters. The smallest absolute Gasteiger partial charge is 0.334 e. The number of hydrogen-bond donors (Lipinski definition) is 2. The number of ether oxygens (including phenoxy) is 3. The van der Waals surface area contributed by atoms with Gasteiger partial charge in [0, 0.05) is 11.1 Å². The van der Waals surface area contributed by atoms with Crippen LogP contribution < -0.4 is 0 Å². The second kappa shape index (κ2) is 5.77. The number of rotatable bonds is 2. The maximum Gasteiger partial charge on any atom is 0.334 e. The summed E-state index contributed by atoms with van der Waals surface area (Å²) >= 11 is 0. The third-order valence-electron chi connectivity index (χ3n) is 6.59. The summed E-state index contributed by atoms with van der Waals surface area (Å²) < 4.78 is 16.9. The molecule has 0 bridgehead atoms. The van der Waals surface area contributed by atoms with Gasteiger partial charge in [0.05, 0.1) is 11.8 Å². The summed E-state index contributed by atoms with van der Waals surface area (Å²) in [5.41, 5.74) is 1.07. The number of aliphatic hydroxyl groups excluding tert-OH is 2. The van der Waals surface area contributed by atoms with Crippen LogP contribution in [0.3, 0.4) is 0 Å². The van der Waals surface area contributed by atoms with Crippen molar-refractivity contribution >= 4 is 11.9 Å². The average molecular weight is 376 g/mol. The van der Waals surface area contributed by atoms with Crippen molar-refractivity contribution in [3.63, 3.8) is 0 Å². The largest absolute Gasteiger partial charge is 0.457 e. The highest BCUT2D eigenvalue weighted by Crippen LogP contribution is 2.62. The topological polar surface area (TPSA) is 106 Å². The number of hydrogen-bond acceptors (Lipinski definition) is 7. The Morgan fingerprint density at radius 2 is 2.04 bits per heavy atom. The predicted octanol–water partition coefficient (Wildman–Crippen LogP) is 0.801. The minimum absolute atomic E-state index is 0.146. The Morgan fingerprint density at radius 1 is 1.37 bits per heavy atom.